The number of piperazine rings is 1. The largest absolute Gasteiger partial charge is 0.493 e. The van der Waals surface area contributed by atoms with Gasteiger partial charge in [0, 0.05) is 56.1 Å². The number of nitrogens with two attached hydrogens (primary N) is 1. The first kappa shape index (κ1) is 48.0. The number of nitrogen functional groups attached to an aromatic ring is 1. The maximum absolute atomic E-state index is 13.8. The van der Waals surface area contributed by atoms with Crippen LogP contribution in [-0.4, -0.2) is 136 Å². The maximum atomic E-state index is 13.8. The molecule has 3 aromatic carbocycles. The van der Waals surface area contributed by atoms with Crippen molar-refractivity contribution in [3.8, 4) is 40.2 Å². The summed E-state index contributed by atoms with van der Waals surface area (Å²) in [6, 6.07) is 12.4. The van der Waals surface area contributed by atoms with Gasteiger partial charge in [-0.2, -0.15) is 0 Å². The Hall–Kier alpha value is -5.09. The third-order valence-electron chi connectivity index (χ3n) is 10.8. The highest BCUT2D eigenvalue weighted by atomic mass is 32.2. The number of thioether (sulfide) groups is 2. The Morgan fingerprint density at radius 1 is 0.694 bits per heavy atom. The van der Waals surface area contributed by atoms with Crippen molar-refractivity contribution < 1.29 is 47.5 Å². The molecule has 2 aliphatic rings. The van der Waals surface area contributed by atoms with Crippen LogP contribution in [0.15, 0.2) is 48.5 Å². The molecule has 1 atom stereocenters. The first-order valence-corrected chi connectivity index (χ1v) is 23.2. The van der Waals surface area contributed by atoms with Crippen LogP contribution in [0.1, 0.15) is 72.2 Å². The van der Waals surface area contributed by atoms with Crippen LogP contribution in [0.5, 0.6) is 40.2 Å². The molecule has 2 aliphatic heterocycles. The van der Waals surface area contributed by atoms with Crippen molar-refractivity contribution >= 4 is 53.0 Å². The molecule has 0 aliphatic carbocycles. The molecule has 3 aromatic rings. The standard InChI is InChI=1S/C46H62N4O10S2/c1-8-61-46(62-9-2)35-14-13-19-50(35)45(53)33-29-38(55-4)39(30-34(33)47)60-25-12-10-11-24-59-36-17-15-31(26-37(36)54-3)16-18-42(51)48-20-22-49(23-21-48)44(52)32-27-40(56-5)43(58-7)41(28-32)57-6/h15-18,26-30,35,46H,8-14,19-25,47H2,1-7H3/b18-16+/t35-/m0/s1. The number of carbonyl (C=O) groups is 3. The number of likely N-dealkylation sites (tertiary alicyclic amines) is 1. The Balaban J connectivity index is 1.05. The van der Waals surface area contributed by atoms with E-state index in [4.69, 9.17) is 38.9 Å². The molecule has 2 heterocycles. The topological polar surface area (TPSA) is 152 Å². The van der Waals surface area contributed by atoms with Gasteiger partial charge in [-0.1, -0.05) is 19.9 Å². The van der Waals surface area contributed by atoms with Crippen molar-refractivity contribution in [1.82, 2.24) is 14.7 Å². The van der Waals surface area contributed by atoms with E-state index >= 15 is 0 Å². The summed E-state index contributed by atoms with van der Waals surface area (Å²) in [5, 5.41) is 0. The lowest BCUT2D eigenvalue weighted by Crippen LogP contribution is -2.50. The fraction of sp³-hybridized carbons (Fsp3) is 0.500. The van der Waals surface area contributed by atoms with Crippen molar-refractivity contribution in [3.63, 3.8) is 0 Å². The minimum atomic E-state index is -0.178. The first-order valence-electron chi connectivity index (χ1n) is 21.1. The second-order valence-electron chi connectivity index (χ2n) is 14.6. The molecule has 0 unspecified atom stereocenters. The lowest BCUT2D eigenvalue weighted by molar-refractivity contribution is -0.127. The number of hydrogen-bond acceptors (Lipinski definition) is 13. The van der Waals surface area contributed by atoms with E-state index in [1.165, 1.54) is 27.4 Å². The summed E-state index contributed by atoms with van der Waals surface area (Å²) in [6.45, 7) is 7.56. The monoisotopic (exact) mass is 894 g/mol. The molecular weight excluding hydrogens is 833 g/mol. The number of carbonyl (C=O) groups excluding carboxylic acids is 3. The second-order valence-corrected chi connectivity index (χ2v) is 17.7. The molecule has 0 bridgehead atoms. The normalized spacial score (nSPS) is 15.2. The Morgan fingerprint density at radius 2 is 1.29 bits per heavy atom. The molecule has 0 aromatic heterocycles. The van der Waals surface area contributed by atoms with Gasteiger partial charge in [-0.3, -0.25) is 14.4 Å². The van der Waals surface area contributed by atoms with Crippen LogP contribution in [0.4, 0.5) is 5.69 Å². The molecule has 62 heavy (non-hydrogen) atoms. The van der Waals surface area contributed by atoms with E-state index in [1.54, 1.807) is 54.4 Å². The minimum Gasteiger partial charge on any atom is -0.493 e. The molecule has 0 radical (unpaired) electrons. The predicted octanol–water partition coefficient (Wildman–Crippen LogP) is 7.37. The van der Waals surface area contributed by atoms with Gasteiger partial charge in [-0.05, 0) is 85.6 Å². The van der Waals surface area contributed by atoms with E-state index in [0.717, 1.165) is 55.7 Å². The number of unbranched alkanes of at least 4 members (excludes halogenated alkanes) is 2. The van der Waals surface area contributed by atoms with Crippen molar-refractivity contribution in [2.24, 2.45) is 0 Å². The quantitative estimate of drug-likeness (QED) is 0.0463. The number of benzene rings is 3. The Kier molecular flexibility index (Phi) is 18.5. The van der Waals surface area contributed by atoms with E-state index in [0.29, 0.717) is 101 Å². The molecule has 2 N–H and O–H groups in total. The lowest BCUT2D eigenvalue weighted by atomic mass is 10.1. The van der Waals surface area contributed by atoms with Crippen molar-refractivity contribution in [2.75, 3.05) is 98.7 Å². The molecule has 0 saturated carbocycles. The van der Waals surface area contributed by atoms with E-state index in [9.17, 15) is 14.4 Å². The molecular formula is C46H62N4O10S2. The van der Waals surface area contributed by atoms with Gasteiger partial charge in [0.15, 0.2) is 34.5 Å². The number of amides is 3. The molecule has 0 spiro atoms. The summed E-state index contributed by atoms with van der Waals surface area (Å²) in [5.74, 6) is 5.03. The molecule has 338 valence electrons. The highest BCUT2D eigenvalue weighted by Gasteiger charge is 2.36. The molecule has 2 fully saturated rings. The summed E-state index contributed by atoms with van der Waals surface area (Å²) in [5.41, 5.74) is 8.49. The van der Waals surface area contributed by atoms with Crippen LogP contribution < -0.4 is 38.9 Å². The van der Waals surface area contributed by atoms with E-state index < -0.39 is 0 Å². The zero-order chi connectivity index (χ0) is 44.6. The van der Waals surface area contributed by atoms with Crippen molar-refractivity contribution in [1.29, 1.82) is 0 Å². The molecule has 16 heteroatoms. The summed E-state index contributed by atoms with van der Waals surface area (Å²) in [4.78, 5) is 45.6. The summed E-state index contributed by atoms with van der Waals surface area (Å²) in [7, 11) is 7.67. The number of rotatable bonds is 22. The summed E-state index contributed by atoms with van der Waals surface area (Å²) in [6.07, 6.45) is 7.69. The highest BCUT2D eigenvalue weighted by molar-refractivity contribution is 8.17. The number of ether oxygens (including phenoxy) is 7. The summed E-state index contributed by atoms with van der Waals surface area (Å²) < 4.78 is 39.9. The minimum absolute atomic E-state index is 0.0565. The number of methoxy groups -OCH3 is 5. The maximum Gasteiger partial charge on any atom is 0.256 e. The van der Waals surface area contributed by atoms with Crippen molar-refractivity contribution in [3.05, 3.63) is 65.2 Å². The zero-order valence-corrected chi connectivity index (χ0v) is 38.7. The molecule has 14 nitrogen and oxygen atoms in total. The van der Waals surface area contributed by atoms with Crippen LogP contribution in [0.25, 0.3) is 6.08 Å². The van der Waals surface area contributed by atoms with Gasteiger partial charge in [-0.25, -0.2) is 0 Å². The predicted molar refractivity (Wildman–Crippen MR) is 247 cm³/mol. The van der Waals surface area contributed by atoms with Crippen LogP contribution in [0, 0.1) is 0 Å². The number of hydrogen-bond donors (Lipinski definition) is 1. The second kappa shape index (κ2) is 23.9. The van der Waals surface area contributed by atoms with Crippen LogP contribution >= 0.6 is 23.5 Å². The molecule has 5 rings (SSSR count). The fourth-order valence-electron chi connectivity index (χ4n) is 7.56. The van der Waals surface area contributed by atoms with Gasteiger partial charge >= 0.3 is 0 Å². The van der Waals surface area contributed by atoms with Crippen LogP contribution in [-0.2, 0) is 4.79 Å². The van der Waals surface area contributed by atoms with Gasteiger partial charge < -0.3 is 53.6 Å². The SMILES string of the molecule is CCSC(SCC)[C@@H]1CCCN1C(=O)c1cc(OC)c(OCCCCCOc2ccc(/C=C/C(=O)N3CCN(C(=O)c4cc(OC)c(OC)c(OC)c4)CC3)cc2OC)cc1N. The third kappa shape index (κ3) is 12.1. The third-order valence-corrected chi connectivity index (χ3v) is 13.6. The van der Waals surface area contributed by atoms with Gasteiger partial charge in [0.1, 0.15) is 0 Å². The van der Waals surface area contributed by atoms with E-state index in [2.05, 4.69) is 13.8 Å². The van der Waals surface area contributed by atoms with Gasteiger partial charge in [0.05, 0.1) is 65.0 Å². The highest BCUT2D eigenvalue weighted by Crippen LogP contribution is 2.40. The Morgan fingerprint density at radius 3 is 1.89 bits per heavy atom. The van der Waals surface area contributed by atoms with E-state index in [-0.39, 0.29) is 23.8 Å². The molecule has 3 amide bonds. The van der Waals surface area contributed by atoms with Crippen LogP contribution in [0.3, 0.4) is 0 Å². The number of anilines is 1. The van der Waals surface area contributed by atoms with Gasteiger partial charge in [-0.15, -0.1) is 23.5 Å². The van der Waals surface area contributed by atoms with Gasteiger partial charge in [0.25, 0.3) is 11.8 Å². The fourth-order valence-corrected chi connectivity index (χ4v) is 10.4. The zero-order valence-electron chi connectivity index (χ0n) is 37.1. The molecule has 2 saturated heterocycles. The average Bonchev–Trinajstić information content (AvgIpc) is 3.79. The van der Waals surface area contributed by atoms with Gasteiger partial charge in [0.2, 0.25) is 11.7 Å². The Bertz CT molecular complexity index is 1980. The van der Waals surface area contributed by atoms with Crippen molar-refractivity contribution in [2.45, 2.75) is 56.6 Å². The Labute approximate surface area is 374 Å². The number of nitrogens with zero attached hydrogens (tertiary/aromatic N) is 3. The first-order chi connectivity index (χ1) is 30.1. The lowest BCUT2D eigenvalue weighted by Gasteiger charge is -2.34. The van der Waals surface area contributed by atoms with Crippen LogP contribution in [0.2, 0.25) is 0 Å². The smallest absolute Gasteiger partial charge is 0.256 e. The summed E-state index contributed by atoms with van der Waals surface area (Å²) >= 11 is 3.81. The average molecular weight is 895 g/mol. The van der Waals surface area contributed by atoms with E-state index in [1.807, 2.05) is 46.6 Å².